The number of nitrogens with one attached hydrogen (secondary N) is 3. The summed E-state index contributed by atoms with van der Waals surface area (Å²) in [5.41, 5.74) is 10.2. The van der Waals surface area contributed by atoms with Crippen molar-refractivity contribution in [2.45, 2.75) is 12.3 Å². The molecule has 7 nitrogen and oxygen atoms in total. The molecular weight excluding hydrogens is 380 g/mol. The molecule has 0 atom stereocenters. The molecule has 0 aromatic heterocycles. The summed E-state index contributed by atoms with van der Waals surface area (Å²) >= 11 is 0. The maximum Gasteiger partial charge on any atom is 0.333 e. The lowest BCUT2D eigenvalue weighted by atomic mass is 9.89. The normalized spacial score (nSPS) is 10.3. The second-order valence-electron chi connectivity index (χ2n) is 6.60. The fourth-order valence-electron chi connectivity index (χ4n) is 3.06. The van der Waals surface area contributed by atoms with Crippen LogP contribution < -0.4 is 16.5 Å². The van der Waals surface area contributed by atoms with E-state index in [9.17, 15) is 9.59 Å². The van der Waals surface area contributed by atoms with Gasteiger partial charge in [-0.15, -0.1) is 0 Å². The Kier molecular flexibility index (Phi) is 6.78. The number of anilines is 1. The molecule has 0 bridgehead atoms. The Morgan fingerprint density at radius 1 is 0.900 bits per heavy atom. The van der Waals surface area contributed by atoms with Crippen LogP contribution in [0, 0.1) is 5.41 Å². The van der Waals surface area contributed by atoms with E-state index in [1.165, 1.54) is 6.07 Å². The molecule has 0 unspecified atom stereocenters. The summed E-state index contributed by atoms with van der Waals surface area (Å²) in [6.45, 7) is 0. The van der Waals surface area contributed by atoms with Crippen LogP contribution in [0.25, 0.3) is 0 Å². The number of nitrogens with two attached hydrogens (primary N) is 1. The Hall–Kier alpha value is -4.13. The highest BCUT2D eigenvalue weighted by molar-refractivity contribution is 5.97. The molecule has 0 radical (unpaired) electrons. The predicted octanol–water partition coefficient (Wildman–Crippen LogP) is 3.40. The van der Waals surface area contributed by atoms with E-state index in [-0.39, 0.29) is 23.9 Å². The quantitative estimate of drug-likeness (QED) is 0.286. The van der Waals surface area contributed by atoms with Crippen molar-refractivity contribution >= 4 is 23.5 Å². The maximum atomic E-state index is 12.5. The largest absolute Gasteiger partial charge is 0.370 e. The standard InChI is InChI=1S/C23H22N4O3/c24-23(25)26-19-13-7-12-18(14-19)22(29)27-30-21(28)15-20(16-8-3-1-4-9-16)17-10-5-2-6-11-17/h1-14,20H,15H2,(H,27,29)(H4,24,25,26). The smallest absolute Gasteiger partial charge is 0.333 e. The molecule has 1 amide bonds. The van der Waals surface area contributed by atoms with Crippen LogP contribution in [0.5, 0.6) is 0 Å². The average Bonchev–Trinajstić information content (AvgIpc) is 2.76. The number of rotatable bonds is 6. The number of benzene rings is 3. The van der Waals surface area contributed by atoms with Crippen molar-refractivity contribution < 1.29 is 14.4 Å². The van der Waals surface area contributed by atoms with E-state index in [0.29, 0.717) is 5.69 Å². The van der Waals surface area contributed by atoms with Gasteiger partial charge in [0, 0.05) is 17.2 Å². The molecule has 152 valence electrons. The Morgan fingerprint density at radius 2 is 1.50 bits per heavy atom. The molecule has 30 heavy (non-hydrogen) atoms. The number of guanidine groups is 1. The lowest BCUT2D eigenvalue weighted by Gasteiger charge is -2.17. The number of amides is 1. The van der Waals surface area contributed by atoms with Gasteiger partial charge in [0.15, 0.2) is 5.96 Å². The van der Waals surface area contributed by atoms with Crippen LogP contribution in [0.4, 0.5) is 5.69 Å². The summed E-state index contributed by atoms with van der Waals surface area (Å²) in [4.78, 5) is 29.8. The van der Waals surface area contributed by atoms with Gasteiger partial charge in [0.25, 0.3) is 5.91 Å². The van der Waals surface area contributed by atoms with Crippen molar-refractivity contribution in [3.8, 4) is 0 Å². The van der Waals surface area contributed by atoms with Crippen molar-refractivity contribution in [3.05, 3.63) is 102 Å². The third-order valence-electron chi connectivity index (χ3n) is 4.44. The predicted molar refractivity (Wildman–Crippen MR) is 115 cm³/mol. The Bertz CT molecular complexity index is 983. The second-order valence-corrected chi connectivity index (χ2v) is 6.60. The molecule has 7 heteroatoms. The summed E-state index contributed by atoms with van der Waals surface area (Å²) in [5.74, 6) is -1.57. The maximum absolute atomic E-state index is 12.5. The number of hydrogen-bond acceptors (Lipinski definition) is 4. The van der Waals surface area contributed by atoms with Gasteiger partial charge >= 0.3 is 5.97 Å². The van der Waals surface area contributed by atoms with Crippen molar-refractivity contribution in [3.63, 3.8) is 0 Å². The monoisotopic (exact) mass is 402 g/mol. The second kappa shape index (κ2) is 9.88. The molecule has 0 saturated heterocycles. The molecule has 3 rings (SSSR count). The lowest BCUT2D eigenvalue weighted by Crippen LogP contribution is -2.28. The van der Waals surface area contributed by atoms with Crippen LogP contribution in [0.3, 0.4) is 0 Å². The van der Waals surface area contributed by atoms with Crippen LogP contribution in [0.2, 0.25) is 0 Å². The van der Waals surface area contributed by atoms with E-state index in [1.807, 2.05) is 60.7 Å². The molecule has 0 aliphatic carbocycles. The SMILES string of the molecule is N=C(N)Nc1cccc(C(=O)NOC(=O)CC(c2ccccc2)c2ccccc2)c1. The first kappa shape index (κ1) is 20.6. The Labute approximate surface area is 174 Å². The van der Waals surface area contributed by atoms with Gasteiger partial charge in [-0.25, -0.2) is 4.79 Å². The van der Waals surface area contributed by atoms with Crippen LogP contribution in [0.1, 0.15) is 33.8 Å². The number of carbonyl (C=O) groups excluding carboxylic acids is 2. The molecule has 5 N–H and O–H groups in total. The molecule has 0 fully saturated rings. The number of carbonyl (C=O) groups is 2. The van der Waals surface area contributed by atoms with Gasteiger partial charge in [-0.3, -0.25) is 10.2 Å². The van der Waals surface area contributed by atoms with E-state index in [1.54, 1.807) is 18.2 Å². The molecule has 0 heterocycles. The summed E-state index contributed by atoms with van der Waals surface area (Å²) < 4.78 is 0. The van der Waals surface area contributed by atoms with Crippen LogP contribution in [-0.4, -0.2) is 17.8 Å². The van der Waals surface area contributed by atoms with E-state index < -0.39 is 11.9 Å². The molecule has 0 aliphatic heterocycles. The highest BCUT2D eigenvalue weighted by atomic mass is 16.7. The fraction of sp³-hybridized carbons (Fsp3) is 0.0870. The molecule has 3 aromatic carbocycles. The average molecular weight is 402 g/mol. The third-order valence-corrected chi connectivity index (χ3v) is 4.44. The van der Waals surface area contributed by atoms with Gasteiger partial charge in [0.05, 0.1) is 6.42 Å². The number of hydroxylamine groups is 1. The van der Waals surface area contributed by atoms with Crippen LogP contribution >= 0.6 is 0 Å². The highest BCUT2D eigenvalue weighted by Gasteiger charge is 2.20. The van der Waals surface area contributed by atoms with Crippen molar-refractivity contribution in [2.75, 3.05) is 5.32 Å². The zero-order chi connectivity index (χ0) is 21.3. The summed E-state index contributed by atoms with van der Waals surface area (Å²) in [6, 6.07) is 25.7. The van der Waals surface area contributed by atoms with Gasteiger partial charge in [0.1, 0.15) is 0 Å². The van der Waals surface area contributed by atoms with Gasteiger partial charge < -0.3 is 15.9 Å². The van der Waals surface area contributed by atoms with Gasteiger partial charge in [-0.2, -0.15) is 5.48 Å². The van der Waals surface area contributed by atoms with Gasteiger partial charge in [-0.1, -0.05) is 66.7 Å². The fourth-order valence-corrected chi connectivity index (χ4v) is 3.06. The number of hydrogen-bond donors (Lipinski definition) is 4. The van der Waals surface area contributed by atoms with E-state index >= 15 is 0 Å². The summed E-state index contributed by atoms with van der Waals surface area (Å²) in [7, 11) is 0. The summed E-state index contributed by atoms with van der Waals surface area (Å²) in [5, 5.41) is 9.85. The minimum atomic E-state index is -0.577. The molecular formula is C23H22N4O3. The van der Waals surface area contributed by atoms with Crippen molar-refractivity contribution in [2.24, 2.45) is 5.73 Å². The van der Waals surface area contributed by atoms with Crippen molar-refractivity contribution in [1.29, 1.82) is 5.41 Å². The third kappa shape index (κ3) is 5.68. The zero-order valence-corrected chi connectivity index (χ0v) is 16.2. The van der Waals surface area contributed by atoms with Crippen LogP contribution in [-0.2, 0) is 9.63 Å². The zero-order valence-electron chi connectivity index (χ0n) is 16.2. The molecule has 0 aliphatic rings. The lowest BCUT2D eigenvalue weighted by molar-refractivity contribution is -0.149. The minimum Gasteiger partial charge on any atom is -0.370 e. The van der Waals surface area contributed by atoms with Crippen molar-refractivity contribution in [1.82, 2.24) is 5.48 Å². The van der Waals surface area contributed by atoms with E-state index in [4.69, 9.17) is 16.0 Å². The van der Waals surface area contributed by atoms with Crippen LogP contribution in [0.15, 0.2) is 84.9 Å². The first-order chi connectivity index (χ1) is 14.5. The molecule has 0 saturated carbocycles. The minimum absolute atomic E-state index is 0.0697. The first-order valence-corrected chi connectivity index (χ1v) is 9.34. The Balaban J connectivity index is 1.65. The molecule has 0 spiro atoms. The summed E-state index contributed by atoms with van der Waals surface area (Å²) in [6.07, 6.45) is 0.0697. The first-order valence-electron chi connectivity index (χ1n) is 9.34. The van der Waals surface area contributed by atoms with E-state index in [2.05, 4.69) is 10.8 Å². The van der Waals surface area contributed by atoms with Gasteiger partial charge in [-0.05, 0) is 29.3 Å². The van der Waals surface area contributed by atoms with Gasteiger partial charge in [0.2, 0.25) is 0 Å². The Morgan fingerprint density at radius 3 is 2.07 bits per heavy atom. The van der Waals surface area contributed by atoms with E-state index in [0.717, 1.165) is 11.1 Å². The topological polar surface area (TPSA) is 117 Å². The molecule has 3 aromatic rings. The highest BCUT2D eigenvalue weighted by Crippen LogP contribution is 2.28.